The van der Waals surface area contributed by atoms with Gasteiger partial charge < -0.3 is 5.32 Å². The average Bonchev–Trinajstić information content (AvgIpc) is 3.15. The molecule has 1 unspecified atom stereocenters. The molecule has 1 aromatic carbocycles. The summed E-state index contributed by atoms with van der Waals surface area (Å²) >= 11 is 0. The Balaban J connectivity index is 1.84. The summed E-state index contributed by atoms with van der Waals surface area (Å²) in [6.45, 7) is 3.27. The van der Waals surface area contributed by atoms with E-state index in [9.17, 15) is 4.39 Å². The Kier molecular flexibility index (Phi) is 4.55. The first kappa shape index (κ1) is 12.6. The maximum Gasteiger partial charge on any atom is 0.126 e. The van der Waals surface area contributed by atoms with E-state index in [2.05, 4.69) is 12.2 Å². The van der Waals surface area contributed by atoms with Crippen LogP contribution in [0.25, 0.3) is 0 Å². The van der Waals surface area contributed by atoms with Gasteiger partial charge in [-0.1, -0.05) is 25.1 Å². The monoisotopic (exact) mass is 235 g/mol. The second kappa shape index (κ2) is 6.15. The quantitative estimate of drug-likeness (QED) is 0.762. The van der Waals surface area contributed by atoms with Crippen LogP contribution >= 0.6 is 0 Å². The van der Waals surface area contributed by atoms with Crippen LogP contribution in [0.4, 0.5) is 4.39 Å². The Morgan fingerprint density at radius 1 is 1.35 bits per heavy atom. The number of hydrogen-bond donors (Lipinski definition) is 1. The van der Waals surface area contributed by atoms with Gasteiger partial charge in [0.05, 0.1) is 0 Å². The Morgan fingerprint density at radius 2 is 2.12 bits per heavy atom. The number of rotatable bonds is 7. The molecule has 1 aliphatic rings. The van der Waals surface area contributed by atoms with Crippen LogP contribution in [0.15, 0.2) is 24.3 Å². The molecule has 1 saturated carbocycles. The second-order valence-corrected chi connectivity index (χ2v) is 5.03. The van der Waals surface area contributed by atoms with E-state index in [4.69, 9.17) is 0 Å². The molecule has 1 nitrogen and oxygen atoms in total. The molecular weight excluding hydrogens is 213 g/mol. The lowest BCUT2D eigenvalue weighted by molar-refractivity contribution is 0.432. The maximum absolute atomic E-state index is 13.5. The van der Waals surface area contributed by atoms with Crippen molar-refractivity contribution in [2.75, 3.05) is 6.54 Å². The summed E-state index contributed by atoms with van der Waals surface area (Å²) in [7, 11) is 0. The molecular formula is C15H22FN. The minimum Gasteiger partial charge on any atom is -0.314 e. The summed E-state index contributed by atoms with van der Waals surface area (Å²) < 4.78 is 13.5. The van der Waals surface area contributed by atoms with E-state index in [1.807, 2.05) is 12.1 Å². The first-order valence-corrected chi connectivity index (χ1v) is 6.78. The zero-order valence-corrected chi connectivity index (χ0v) is 10.6. The van der Waals surface area contributed by atoms with Crippen molar-refractivity contribution >= 4 is 0 Å². The van der Waals surface area contributed by atoms with Crippen molar-refractivity contribution in [1.82, 2.24) is 5.32 Å². The number of aryl methyl sites for hydroxylation is 1. The van der Waals surface area contributed by atoms with Gasteiger partial charge in [0.2, 0.25) is 0 Å². The summed E-state index contributed by atoms with van der Waals surface area (Å²) in [5.41, 5.74) is 0.858. The molecule has 2 heteroatoms. The van der Waals surface area contributed by atoms with Crippen molar-refractivity contribution in [2.45, 2.75) is 45.1 Å². The fourth-order valence-electron chi connectivity index (χ4n) is 2.34. The largest absolute Gasteiger partial charge is 0.314 e. The average molecular weight is 235 g/mol. The third-order valence-electron chi connectivity index (χ3n) is 3.53. The Labute approximate surface area is 103 Å². The Bertz CT molecular complexity index is 347. The molecule has 1 atom stereocenters. The molecule has 0 spiro atoms. The Hall–Kier alpha value is -0.890. The van der Waals surface area contributed by atoms with Gasteiger partial charge in [-0.2, -0.15) is 0 Å². The molecule has 1 fully saturated rings. The van der Waals surface area contributed by atoms with Gasteiger partial charge in [-0.15, -0.1) is 0 Å². The molecule has 0 bridgehead atoms. The summed E-state index contributed by atoms with van der Waals surface area (Å²) in [6.07, 6.45) is 5.77. The van der Waals surface area contributed by atoms with Gasteiger partial charge in [0.25, 0.3) is 0 Å². The molecule has 0 saturated heterocycles. The topological polar surface area (TPSA) is 12.0 Å². The van der Waals surface area contributed by atoms with Gasteiger partial charge in [-0.05, 0) is 56.2 Å². The van der Waals surface area contributed by atoms with Gasteiger partial charge in [0, 0.05) is 6.04 Å². The number of nitrogens with one attached hydrogen (secondary N) is 1. The summed E-state index contributed by atoms with van der Waals surface area (Å²) in [5.74, 6) is 0.783. The molecule has 0 radical (unpaired) electrons. The highest BCUT2D eigenvalue weighted by molar-refractivity contribution is 5.17. The van der Waals surface area contributed by atoms with Crippen molar-refractivity contribution in [3.63, 3.8) is 0 Å². The lowest BCUT2D eigenvalue weighted by Crippen LogP contribution is -2.32. The standard InChI is InChI=1S/C15H22FN/c1-2-11-17-15(13-7-8-13)10-9-12-5-3-4-6-14(12)16/h3-6,13,15,17H,2,7-11H2,1H3. The van der Waals surface area contributed by atoms with Crippen LogP contribution in [0.3, 0.4) is 0 Å². The third-order valence-corrected chi connectivity index (χ3v) is 3.53. The van der Waals surface area contributed by atoms with E-state index < -0.39 is 0 Å². The number of benzene rings is 1. The van der Waals surface area contributed by atoms with E-state index in [1.54, 1.807) is 12.1 Å². The van der Waals surface area contributed by atoms with Crippen molar-refractivity contribution in [3.05, 3.63) is 35.6 Å². The van der Waals surface area contributed by atoms with E-state index in [-0.39, 0.29) is 5.82 Å². The molecule has 1 aliphatic carbocycles. The first-order chi connectivity index (χ1) is 8.31. The van der Waals surface area contributed by atoms with Crippen LogP contribution in [-0.2, 0) is 6.42 Å². The van der Waals surface area contributed by atoms with Crippen molar-refractivity contribution < 1.29 is 4.39 Å². The van der Waals surface area contributed by atoms with Crippen molar-refractivity contribution in [3.8, 4) is 0 Å². The molecule has 0 aromatic heterocycles. The molecule has 0 aliphatic heterocycles. The first-order valence-electron chi connectivity index (χ1n) is 6.78. The van der Waals surface area contributed by atoms with Gasteiger partial charge in [-0.25, -0.2) is 4.39 Å². The van der Waals surface area contributed by atoms with Crippen LogP contribution in [0.1, 0.15) is 38.2 Å². The zero-order chi connectivity index (χ0) is 12.1. The highest BCUT2D eigenvalue weighted by Gasteiger charge is 2.30. The van der Waals surface area contributed by atoms with Crippen molar-refractivity contribution in [1.29, 1.82) is 0 Å². The fraction of sp³-hybridized carbons (Fsp3) is 0.600. The predicted molar refractivity (Wildman–Crippen MR) is 69.5 cm³/mol. The highest BCUT2D eigenvalue weighted by atomic mass is 19.1. The number of halogens is 1. The number of hydrogen-bond acceptors (Lipinski definition) is 1. The van der Waals surface area contributed by atoms with Gasteiger partial charge >= 0.3 is 0 Å². The van der Waals surface area contributed by atoms with E-state index in [1.165, 1.54) is 19.3 Å². The van der Waals surface area contributed by atoms with Gasteiger partial charge in [0.1, 0.15) is 5.82 Å². The normalized spacial score (nSPS) is 17.1. The van der Waals surface area contributed by atoms with Crippen LogP contribution in [0.2, 0.25) is 0 Å². The Morgan fingerprint density at radius 3 is 2.76 bits per heavy atom. The third kappa shape index (κ3) is 3.81. The molecule has 94 valence electrons. The van der Waals surface area contributed by atoms with Crippen molar-refractivity contribution in [2.24, 2.45) is 5.92 Å². The lowest BCUT2D eigenvalue weighted by atomic mass is 10.0. The van der Waals surface area contributed by atoms with Gasteiger partial charge in [0.15, 0.2) is 0 Å². The maximum atomic E-state index is 13.5. The minimum absolute atomic E-state index is 0.0578. The molecule has 2 rings (SSSR count). The van der Waals surface area contributed by atoms with E-state index in [0.29, 0.717) is 6.04 Å². The predicted octanol–water partition coefficient (Wildman–Crippen LogP) is 3.54. The van der Waals surface area contributed by atoms with Crippen LogP contribution in [-0.4, -0.2) is 12.6 Å². The second-order valence-electron chi connectivity index (χ2n) is 5.03. The fourth-order valence-corrected chi connectivity index (χ4v) is 2.34. The molecule has 17 heavy (non-hydrogen) atoms. The van der Waals surface area contributed by atoms with Crippen LogP contribution in [0, 0.1) is 11.7 Å². The highest BCUT2D eigenvalue weighted by Crippen LogP contribution is 2.34. The smallest absolute Gasteiger partial charge is 0.126 e. The zero-order valence-electron chi connectivity index (χ0n) is 10.6. The van der Waals surface area contributed by atoms with Gasteiger partial charge in [-0.3, -0.25) is 0 Å². The van der Waals surface area contributed by atoms with Crippen LogP contribution in [0.5, 0.6) is 0 Å². The molecule has 1 N–H and O–H groups in total. The minimum atomic E-state index is -0.0578. The summed E-state index contributed by atoms with van der Waals surface area (Å²) in [5, 5.41) is 3.60. The molecule has 0 heterocycles. The molecule has 0 amide bonds. The summed E-state index contributed by atoms with van der Waals surface area (Å²) in [4.78, 5) is 0. The summed E-state index contributed by atoms with van der Waals surface area (Å²) in [6, 6.07) is 7.73. The van der Waals surface area contributed by atoms with E-state index in [0.717, 1.165) is 30.9 Å². The van der Waals surface area contributed by atoms with E-state index >= 15 is 0 Å². The SMILES string of the molecule is CCCNC(CCc1ccccc1F)C1CC1. The van der Waals surface area contributed by atoms with Crippen LogP contribution < -0.4 is 5.32 Å². The molecule has 1 aromatic rings. The lowest BCUT2D eigenvalue weighted by Gasteiger charge is -2.18.